The molecule has 1 N–H and O–H groups in total. The molecule has 0 unspecified atom stereocenters. The number of pyridine rings is 1. The molecule has 2 amide bonds. The van der Waals surface area contributed by atoms with Crippen LogP contribution in [-0.4, -0.2) is 35.3 Å². The Morgan fingerprint density at radius 2 is 2.00 bits per heavy atom. The van der Waals surface area contributed by atoms with Crippen molar-refractivity contribution in [1.29, 1.82) is 0 Å². The van der Waals surface area contributed by atoms with Gasteiger partial charge in [0.25, 0.3) is 5.91 Å². The monoisotopic (exact) mass is 267 g/mol. The fourth-order valence-corrected chi connectivity index (χ4v) is 2.14. The molecule has 1 aromatic heterocycles. The Balaban J connectivity index is 2.00. The molecular formula is C15H13N3O2. The second kappa shape index (κ2) is 4.77. The summed E-state index contributed by atoms with van der Waals surface area (Å²) in [5.41, 5.74) is 1.75. The molecule has 100 valence electrons. The first-order chi connectivity index (χ1) is 9.63. The predicted octanol–water partition coefficient (Wildman–Crippen LogP) is 1.16. The molecule has 0 bridgehead atoms. The van der Waals surface area contributed by atoms with Crippen LogP contribution in [0.5, 0.6) is 0 Å². The number of likely N-dealkylation sites (N-methyl/N-ethyl adjacent to an activating group) is 1. The van der Waals surface area contributed by atoms with Gasteiger partial charge in [-0.3, -0.25) is 9.59 Å². The number of fused-ring (bicyclic) bond motifs is 1. The summed E-state index contributed by atoms with van der Waals surface area (Å²) in [6.07, 6.45) is 1.60. The molecule has 5 nitrogen and oxygen atoms in total. The van der Waals surface area contributed by atoms with E-state index in [0.29, 0.717) is 5.69 Å². The third-order valence-corrected chi connectivity index (χ3v) is 3.14. The fourth-order valence-electron chi connectivity index (χ4n) is 2.14. The maximum atomic E-state index is 12.0. The van der Waals surface area contributed by atoms with Gasteiger partial charge in [-0.05, 0) is 18.2 Å². The van der Waals surface area contributed by atoms with E-state index >= 15 is 0 Å². The van der Waals surface area contributed by atoms with E-state index in [2.05, 4.69) is 10.3 Å². The Morgan fingerprint density at radius 1 is 1.20 bits per heavy atom. The molecule has 0 saturated carbocycles. The van der Waals surface area contributed by atoms with E-state index in [1.165, 1.54) is 4.90 Å². The number of hydrogen-bond acceptors (Lipinski definition) is 3. The zero-order valence-corrected chi connectivity index (χ0v) is 11.0. The molecule has 1 aromatic carbocycles. The first-order valence-corrected chi connectivity index (χ1v) is 6.26. The van der Waals surface area contributed by atoms with Crippen LogP contribution < -0.4 is 5.32 Å². The molecule has 1 aliphatic rings. The summed E-state index contributed by atoms with van der Waals surface area (Å²) >= 11 is 0. The number of benzene rings is 1. The van der Waals surface area contributed by atoms with Crippen LogP contribution in [0.1, 0.15) is 5.69 Å². The number of aromatic nitrogens is 1. The fraction of sp³-hybridized carbons (Fsp3) is 0.133. The quantitative estimate of drug-likeness (QED) is 0.789. The van der Waals surface area contributed by atoms with Gasteiger partial charge in [0.2, 0.25) is 5.91 Å². The van der Waals surface area contributed by atoms with Gasteiger partial charge in [0.15, 0.2) is 0 Å². The molecule has 2 aromatic rings. The van der Waals surface area contributed by atoms with Crippen LogP contribution in [0.4, 0.5) is 0 Å². The van der Waals surface area contributed by atoms with Crippen LogP contribution >= 0.6 is 0 Å². The third-order valence-electron chi connectivity index (χ3n) is 3.14. The molecule has 0 spiro atoms. The summed E-state index contributed by atoms with van der Waals surface area (Å²) in [7, 11) is 1.60. The molecule has 3 rings (SSSR count). The molecule has 20 heavy (non-hydrogen) atoms. The largest absolute Gasteiger partial charge is 0.331 e. The average molecular weight is 267 g/mol. The number of carbonyl (C=O) groups is 2. The minimum Gasteiger partial charge on any atom is -0.331 e. The zero-order valence-electron chi connectivity index (χ0n) is 11.0. The first-order valence-electron chi connectivity index (χ1n) is 6.26. The van der Waals surface area contributed by atoms with Crippen molar-refractivity contribution in [2.75, 3.05) is 13.6 Å². The van der Waals surface area contributed by atoms with E-state index in [0.717, 1.165) is 10.9 Å². The highest BCUT2D eigenvalue weighted by Gasteiger charge is 2.24. The SMILES string of the molecule is CN1CC(=O)N/C(=C\c2ccc3ccccc3n2)C1=O. The lowest BCUT2D eigenvalue weighted by molar-refractivity contribution is -0.135. The van der Waals surface area contributed by atoms with Crippen molar-refractivity contribution >= 4 is 28.8 Å². The lowest BCUT2D eigenvalue weighted by Gasteiger charge is -2.24. The van der Waals surface area contributed by atoms with Crippen LogP contribution in [0.3, 0.4) is 0 Å². The van der Waals surface area contributed by atoms with E-state index in [9.17, 15) is 9.59 Å². The van der Waals surface area contributed by atoms with Crippen molar-refractivity contribution in [3.63, 3.8) is 0 Å². The average Bonchev–Trinajstić information content (AvgIpc) is 2.44. The van der Waals surface area contributed by atoms with E-state index in [1.807, 2.05) is 36.4 Å². The number of amides is 2. The van der Waals surface area contributed by atoms with E-state index < -0.39 is 0 Å². The van der Waals surface area contributed by atoms with E-state index in [-0.39, 0.29) is 24.1 Å². The van der Waals surface area contributed by atoms with Gasteiger partial charge in [-0.15, -0.1) is 0 Å². The summed E-state index contributed by atoms with van der Waals surface area (Å²) in [6, 6.07) is 11.5. The van der Waals surface area contributed by atoms with Gasteiger partial charge in [-0.2, -0.15) is 0 Å². The Hall–Kier alpha value is -2.69. The maximum Gasteiger partial charge on any atom is 0.270 e. The normalized spacial score (nSPS) is 17.6. The molecule has 0 atom stereocenters. The molecule has 0 aliphatic carbocycles. The van der Waals surface area contributed by atoms with Gasteiger partial charge in [0, 0.05) is 12.4 Å². The number of nitrogens with one attached hydrogen (secondary N) is 1. The topological polar surface area (TPSA) is 62.3 Å². The van der Waals surface area contributed by atoms with Crippen LogP contribution in [-0.2, 0) is 9.59 Å². The van der Waals surface area contributed by atoms with E-state index in [4.69, 9.17) is 0 Å². The van der Waals surface area contributed by atoms with Crippen LogP contribution in [0.15, 0.2) is 42.1 Å². The predicted molar refractivity (Wildman–Crippen MR) is 75.5 cm³/mol. The van der Waals surface area contributed by atoms with E-state index in [1.54, 1.807) is 13.1 Å². The van der Waals surface area contributed by atoms with Gasteiger partial charge >= 0.3 is 0 Å². The smallest absolute Gasteiger partial charge is 0.270 e. The highest BCUT2D eigenvalue weighted by atomic mass is 16.2. The van der Waals surface area contributed by atoms with Gasteiger partial charge in [0.1, 0.15) is 5.70 Å². The Bertz CT molecular complexity index is 737. The standard InChI is InChI=1S/C15H13N3O2/c1-18-9-14(19)17-13(15(18)20)8-11-7-6-10-4-2-3-5-12(10)16-11/h2-8H,9H2,1H3,(H,17,19)/b13-8-. The second-order valence-corrected chi connectivity index (χ2v) is 4.70. The summed E-state index contributed by atoms with van der Waals surface area (Å²) < 4.78 is 0. The van der Waals surface area contributed by atoms with Gasteiger partial charge in [0.05, 0.1) is 17.8 Å². The van der Waals surface area contributed by atoms with Crippen LogP contribution in [0.25, 0.3) is 17.0 Å². The Morgan fingerprint density at radius 3 is 2.85 bits per heavy atom. The lowest BCUT2D eigenvalue weighted by Crippen LogP contribution is -2.47. The van der Waals surface area contributed by atoms with Gasteiger partial charge in [-0.25, -0.2) is 4.98 Å². The molecule has 1 aliphatic heterocycles. The molecule has 5 heteroatoms. The molecule has 2 heterocycles. The minimum atomic E-state index is -0.209. The van der Waals surface area contributed by atoms with Crippen molar-refractivity contribution in [1.82, 2.24) is 15.2 Å². The van der Waals surface area contributed by atoms with Crippen molar-refractivity contribution in [3.05, 3.63) is 47.8 Å². The number of carbonyl (C=O) groups excluding carboxylic acids is 2. The summed E-state index contributed by atoms with van der Waals surface area (Å²) in [4.78, 5) is 29.3. The summed E-state index contributed by atoms with van der Waals surface area (Å²) in [6.45, 7) is 0.0846. The zero-order chi connectivity index (χ0) is 14.1. The molecule has 1 saturated heterocycles. The summed E-state index contributed by atoms with van der Waals surface area (Å²) in [5.74, 6) is -0.404. The van der Waals surface area contributed by atoms with Crippen molar-refractivity contribution in [2.24, 2.45) is 0 Å². The van der Waals surface area contributed by atoms with Crippen LogP contribution in [0.2, 0.25) is 0 Å². The highest BCUT2D eigenvalue weighted by molar-refractivity contribution is 6.05. The van der Waals surface area contributed by atoms with Gasteiger partial charge in [-0.1, -0.05) is 24.3 Å². The maximum absolute atomic E-state index is 12.0. The molecule has 0 radical (unpaired) electrons. The lowest BCUT2D eigenvalue weighted by atomic mass is 10.2. The summed E-state index contributed by atoms with van der Waals surface area (Å²) in [5, 5.41) is 3.62. The van der Waals surface area contributed by atoms with Crippen LogP contribution in [0, 0.1) is 0 Å². The molecular weight excluding hydrogens is 254 g/mol. The number of para-hydroxylation sites is 1. The third kappa shape index (κ3) is 2.25. The first kappa shape index (κ1) is 12.3. The number of rotatable bonds is 1. The Labute approximate surface area is 115 Å². The highest BCUT2D eigenvalue weighted by Crippen LogP contribution is 2.14. The minimum absolute atomic E-state index is 0.0846. The number of nitrogens with zero attached hydrogens (tertiary/aromatic N) is 2. The van der Waals surface area contributed by atoms with Crippen molar-refractivity contribution in [3.8, 4) is 0 Å². The van der Waals surface area contributed by atoms with Crippen molar-refractivity contribution < 1.29 is 9.59 Å². The Kier molecular flexibility index (Phi) is 2.95. The molecule has 1 fully saturated rings. The van der Waals surface area contributed by atoms with Crippen molar-refractivity contribution in [2.45, 2.75) is 0 Å². The number of piperazine rings is 1. The van der Waals surface area contributed by atoms with Gasteiger partial charge < -0.3 is 10.2 Å². The number of hydrogen-bond donors (Lipinski definition) is 1. The second-order valence-electron chi connectivity index (χ2n) is 4.70.